The highest BCUT2D eigenvalue weighted by Crippen LogP contribution is 2.60. The summed E-state index contributed by atoms with van der Waals surface area (Å²) in [4.78, 5) is 5.00. The number of rotatable bonds is 6. The van der Waals surface area contributed by atoms with Gasteiger partial charge in [-0.2, -0.15) is 0 Å². The predicted molar refractivity (Wildman–Crippen MR) is 316 cm³/mol. The van der Waals surface area contributed by atoms with E-state index in [0.29, 0.717) is 0 Å². The molecule has 0 saturated carbocycles. The highest BCUT2D eigenvalue weighted by atomic mass is 15.2. The van der Waals surface area contributed by atoms with Gasteiger partial charge in [-0.25, -0.2) is 0 Å². The van der Waals surface area contributed by atoms with Gasteiger partial charge in [0.15, 0.2) is 0 Å². The summed E-state index contributed by atoms with van der Waals surface area (Å²) in [6.07, 6.45) is 4.67. The average Bonchev–Trinajstić information content (AvgIpc) is 3.75. The van der Waals surface area contributed by atoms with Gasteiger partial charge < -0.3 is 9.80 Å². The molecule has 0 bridgehead atoms. The maximum absolute atomic E-state index is 2.51. The number of hydrogen-bond acceptors (Lipinski definition) is 2. The van der Waals surface area contributed by atoms with Crippen LogP contribution in [0.25, 0.3) is 55.6 Å². The van der Waals surface area contributed by atoms with Crippen LogP contribution in [0.5, 0.6) is 0 Å². The molecule has 0 fully saturated rings. The lowest BCUT2D eigenvalue weighted by Crippen LogP contribution is -2.31. The molecule has 0 spiro atoms. The number of fused-ring (bicyclic) bond motifs is 7. The van der Waals surface area contributed by atoms with Gasteiger partial charge in [-0.1, -0.05) is 234 Å². The zero-order chi connectivity index (χ0) is 50.2. The normalized spacial score (nSPS) is 15.4. The molecule has 75 heavy (non-hydrogen) atoms. The Morgan fingerprint density at radius 2 is 0.760 bits per heavy atom. The van der Waals surface area contributed by atoms with Crippen molar-refractivity contribution in [3.63, 3.8) is 0 Å². The molecule has 3 aliphatic rings. The minimum atomic E-state index is -0.586. The topological polar surface area (TPSA) is 6.48 Å². The number of hydrogen-bond donors (Lipinski definition) is 0. The first-order chi connectivity index (χ1) is 36.7. The van der Waals surface area contributed by atoms with E-state index in [-0.39, 0.29) is 10.8 Å². The molecule has 15 rings (SSSR count). The van der Waals surface area contributed by atoms with Gasteiger partial charge in [-0.3, -0.25) is 0 Å². The molecule has 0 atom stereocenters. The van der Waals surface area contributed by atoms with Gasteiger partial charge in [0.2, 0.25) is 0 Å². The van der Waals surface area contributed by atoms with Crippen molar-refractivity contribution in [2.24, 2.45) is 0 Å². The molecule has 0 radical (unpaired) electrons. The van der Waals surface area contributed by atoms with E-state index >= 15 is 0 Å². The van der Waals surface area contributed by atoms with Crippen LogP contribution >= 0.6 is 0 Å². The summed E-state index contributed by atoms with van der Waals surface area (Å²) in [7, 11) is 0. The van der Waals surface area contributed by atoms with Gasteiger partial charge in [0.1, 0.15) is 0 Å². The lowest BCUT2D eigenvalue weighted by molar-refractivity contribution is 0.632. The largest absolute Gasteiger partial charge is 0.310 e. The third kappa shape index (κ3) is 6.08. The highest BCUT2D eigenvalue weighted by Gasteiger charge is 2.47. The van der Waals surface area contributed by atoms with Crippen molar-refractivity contribution in [2.45, 2.75) is 43.9 Å². The zero-order valence-corrected chi connectivity index (χ0v) is 42.6. The standard InChI is InChI=1S/C73H54N2/c1-71(2)58-23-11-15-27-65(58)74(66-28-16-12-24-59(66)71)53-39-43-56-55-40-32-47(45-62(55)73(63(56)46-53,51-19-7-5-8-20-51)52-21-9-6-10-22-52)31-33-48-34-35-49-37-42-57-64(44-38-50-36-41-54(48)69(49)70(50)57)75-67-29-17-13-25-60(67)72(3,4)61-26-14-18-30-68(61)75/h5-46H,1-4H3/b33-31+. The van der Waals surface area contributed by atoms with Crippen LogP contribution in [-0.4, -0.2) is 0 Å². The number of para-hydroxylation sites is 4. The van der Waals surface area contributed by atoms with Crippen LogP contribution in [0, 0.1) is 0 Å². The second-order valence-corrected chi connectivity index (χ2v) is 22.0. The van der Waals surface area contributed by atoms with E-state index in [1.165, 1.54) is 122 Å². The van der Waals surface area contributed by atoms with E-state index in [4.69, 9.17) is 0 Å². The molecule has 0 aromatic heterocycles. The van der Waals surface area contributed by atoms with Gasteiger partial charge >= 0.3 is 0 Å². The van der Waals surface area contributed by atoms with Crippen LogP contribution in [0.4, 0.5) is 34.1 Å². The smallest absolute Gasteiger partial charge is 0.0714 e. The average molecular weight is 959 g/mol. The van der Waals surface area contributed by atoms with E-state index in [1.54, 1.807) is 0 Å². The lowest BCUT2D eigenvalue weighted by Gasteiger charge is -2.42. The molecular weight excluding hydrogens is 905 g/mol. The molecule has 12 aromatic rings. The fourth-order valence-corrected chi connectivity index (χ4v) is 13.9. The number of anilines is 6. The number of benzene rings is 12. The third-order valence-electron chi connectivity index (χ3n) is 17.5. The third-order valence-corrected chi connectivity index (χ3v) is 17.5. The van der Waals surface area contributed by atoms with E-state index in [1.807, 2.05) is 0 Å². The summed E-state index contributed by atoms with van der Waals surface area (Å²) < 4.78 is 0. The van der Waals surface area contributed by atoms with Crippen LogP contribution in [-0.2, 0) is 16.2 Å². The van der Waals surface area contributed by atoms with Crippen LogP contribution in [0.1, 0.15) is 83.3 Å². The number of nitrogens with zero attached hydrogens (tertiary/aromatic N) is 2. The first-order valence-electron chi connectivity index (χ1n) is 26.5. The summed E-state index contributed by atoms with van der Waals surface area (Å²) in [6, 6.07) is 91.2. The first kappa shape index (κ1) is 43.6. The van der Waals surface area contributed by atoms with E-state index in [9.17, 15) is 0 Å². The summed E-state index contributed by atoms with van der Waals surface area (Å²) >= 11 is 0. The monoisotopic (exact) mass is 958 g/mol. The van der Waals surface area contributed by atoms with Crippen molar-refractivity contribution in [1.29, 1.82) is 0 Å². The molecule has 0 saturated heterocycles. The van der Waals surface area contributed by atoms with Crippen molar-refractivity contribution in [1.82, 2.24) is 0 Å². The first-order valence-corrected chi connectivity index (χ1v) is 26.5. The minimum absolute atomic E-state index is 0.128. The van der Waals surface area contributed by atoms with Gasteiger partial charge in [0.05, 0.1) is 33.9 Å². The van der Waals surface area contributed by atoms with E-state index in [2.05, 4.69) is 292 Å². The van der Waals surface area contributed by atoms with Crippen molar-refractivity contribution < 1.29 is 0 Å². The fraction of sp³-hybridized carbons (Fsp3) is 0.0959. The molecule has 2 heteroatoms. The Balaban J connectivity index is 0.883. The second kappa shape index (κ2) is 16.0. The van der Waals surface area contributed by atoms with E-state index in [0.717, 1.165) is 11.3 Å². The Bertz CT molecular complexity index is 4170. The second-order valence-electron chi connectivity index (χ2n) is 22.0. The summed E-state index contributed by atoms with van der Waals surface area (Å²) in [5.74, 6) is 0. The fourth-order valence-electron chi connectivity index (χ4n) is 13.9. The molecule has 1 aliphatic carbocycles. The van der Waals surface area contributed by atoms with Gasteiger partial charge in [0, 0.05) is 21.9 Å². The van der Waals surface area contributed by atoms with Crippen LogP contribution < -0.4 is 9.80 Å². The van der Waals surface area contributed by atoms with Crippen LogP contribution in [0.3, 0.4) is 0 Å². The van der Waals surface area contributed by atoms with E-state index < -0.39 is 5.41 Å². The van der Waals surface area contributed by atoms with Gasteiger partial charge in [-0.15, -0.1) is 0 Å². The van der Waals surface area contributed by atoms with Crippen molar-refractivity contribution >= 4 is 78.6 Å². The van der Waals surface area contributed by atoms with Gasteiger partial charge in [-0.05, 0) is 142 Å². The van der Waals surface area contributed by atoms with Crippen LogP contribution in [0.15, 0.2) is 243 Å². The van der Waals surface area contributed by atoms with Crippen molar-refractivity contribution in [2.75, 3.05) is 9.80 Å². The quantitative estimate of drug-likeness (QED) is 0.121. The lowest BCUT2D eigenvalue weighted by atomic mass is 9.67. The molecule has 12 aromatic carbocycles. The summed E-state index contributed by atoms with van der Waals surface area (Å²) in [5.41, 5.74) is 21.8. The molecule has 356 valence electrons. The van der Waals surface area contributed by atoms with Gasteiger partial charge in [0.25, 0.3) is 0 Å². The predicted octanol–water partition coefficient (Wildman–Crippen LogP) is 19.3. The summed E-state index contributed by atoms with van der Waals surface area (Å²) in [5, 5.41) is 7.64. The minimum Gasteiger partial charge on any atom is -0.310 e. The molecule has 0 N–H and O–H groups in total. The maximum atomic E-state index is 2.51. The Hall–Kier alpha value is -8.98. The Kier molecular flexibility index (Phi) is 9.30. The summed E-state index contributed by atoms with van der Waals surface area (Å²) in [6.45, 7) is 9.43. The molecule has 2 aliphatic heterocycles. The highest BCUT2D eigenvalue weighted by molar-refractivity contribution is 6.27. The Labute approximate surface area is 439 Å². The zero-order valence-electron chi connectivity index (χ0n) is 42.6. The Morgan fingerprint density at radius 3 is 1.32 bits per heavy atom. The molecule has 0 unspecified atom stereocenters. The molecule has 2 heterocycles. The molecule has 0 amide bonds. The van der Waals surface area contributed by atoms with Crippen molar-refractivity contribution in [3.8, 4) is 11.1 Å². The SMILES string of the molecule is CC1(C)c2ccccc2N(c2ccc3c(c2)C(c2ccccc2)(c2ccccc2)c2cc(/C=C/c4ccc5ccc6c(N7c8ccccc8C(C)(C)c8ccccc87)ccc7ccc4c5c76)ccc2-3)c2ccccc21. The van der Waals surface area contributed by atoms with Crippen molar-refractivity contribution in [3.05, 3.63) is 298 Å². The molecular formula is C73H54N2. The Morgan fingerprint density at radius 1 is 0.320 bits per heavy atom. The maximum Gasteiger partial charge on any atom is 0.0714 e. The molecule has 2 nitrogen and oxygen atoms in total. The van der Waals surface area contributed by atoms with Crippen LogP contribution in [0.2, 0.25) is 0 Å².